The van der Waals surface area contributed by atoms with Crippen molar-refractivity contribution in [3.05, 3.63) is 0 Å². The van der Waals surface area contributed by atoms with Crippen molar-refractivity contribution in [1.82, 2.24) is 0 Å². The molecule has 0 spiro atoms. The normalized spacial score (nSPS) is 13.0. The summed E-state index contributed by atoms with van der Waals surface area (Å²) in [6.07, 6.45) is 21.7. The number of hydrogen-bond donors (Lipinski definition) is 0. The maximum absolute atomic E-state index is 2.42. The van der Waals surface area contributed by atoms with Crippen molar-refractivity contribution in [2.75, 3.05) is 0 Å². The number of unbranched alkanes of at least 4 members (excludes halogenated alkanes) is 7. The van der Waals surface area contributed by atoms with Crippen LogP contribution in [0.1, 0.15) is 124 Å². The zero-order chi connectivity index (χ0) is 15.8. The Bertz CT molecular complexity index is 176. The molecule has 0 aliphatic heterocycles. The molecule has 0 aromatic heterocycles. The molecule has 0 aromatic rings. The molecule has 1 atom stereocenters. The lowest BCUT2D eigenvalue weighted by Gasteiger charge is -2.23. The fraction of sp³-hybridized carbons (Fsp3) is 1.00. The van der Waals surface area contributed by atoms with Gasteiger partial charge in [-0.1, -0.05) is 118 Å². The van der Waals surface area contributed by atoms with Gasteiger partial charge in [-0.05, 0) is 18.3 Å². The SMILES string of the molecule is CCCCCCCCC(CC)CC(CCCC)CCCC. The van der Waals surface area contributed by atoms with Crippen LogP contribution in [0.15, 0.2) is 0 Å². The maximum Gasteiger partial charge on any atom is -0.0412 e. The van der Waals surface area contributed by atoms with Crippen molar-refractivity contribution in [2.45, 2.75) is 124 Å². The highest BCUT2D eigenvalue weighted by atomic mass is 14.2. The Balaban J connectivity index is 3.87. The van der Waals surface area contributed by atoms with E-state index >= 15 is 0 Å². The predicted molar refractivity (Wildman–Crippen MR) is 98.9 cm³/mol. The molecule has 0 saturated heterocycles. The molecule has 0 rings (SSSR count). The molecule has 0 saturated carbocycles. The van der Waals surface area contributed by atoms with Crippen LogP contribution < -0.4 is 0 Å². The highest BCUT2D eigenvalue weighted by Gasteiger charge is 2.14. The third-order valence-electron chi connectivity index (χ3n) is 5.14. The second-order valence-corrected chi connectivity index (χ2v) is 7.22. The van der Waals surface area contributed by atoms with Gasteiger partial charge in [0.1, 0.15) is 0 Å². The topological polar surface area (TPSA) is 0 Å². The van der Waals surface area contributed by atoms with Gasteiger partial charge in [0.15, 0.2) is 0 Å². The summed E-state index contributed by atoms with van der Waals surface area (Å²) in [6, 6.07) is 0. The van der Waals surface area contributed by atoms with Gasteiger partial charge in [0.25, 0.3) is 0 Å². The molecule has 0 bridgehead atoms. The van der Waals surface area contributed by atoms with Crippen LogP contribution in [-0.4, -0.2) is 0 Å². The lowest BCUT2D eigenvalue weighted by molar-refractivity contribution is 0.297. The average Bonchev–Trinajstić information content (AvgIpc) is 2.51. The van der Waals surface area contributed by atoms with Gasteiger partial charge < -0.3 is 0 Å². The summed E-state index contributed by atoms with van der Waals surface area (Å²) in [5, 5.41) is 0. The summed E-state index contributed by atoms with van der Waals surface area (Å²) in [4.78, 5) is 0. The molecule has 0 aliphatic rings. The maximum atomic E-state index is 2.42. The van der Waals surface area contributed by atoms with Crippen molar-refractivity contribution in [2.24, 2.45) is 11.8 Å². The van der Waals surface area contributed by atoms with Crippen molar-refractivity contribution in [3.8, 4) is 0 Å². The largest absolute Gasteiger partial charge is 0.0654 e. The average molecular weight is 297 g/mol. The standard InChI is InChI=1S/C21H44/c1-5-9-12-13-14-15-18-20(8-4)19-21(16-10-6-2)17-11-7-3/h20-21H,5-19H2,1-4H3. The Morgan fingerprint density at radius 3 is 1.48 bits per heavy atom. The van der Waals surface area contributed by atoms with Crippen molar-refractivity contribution in [1.29, 1.82) is 0 Å². The van der Waals surface area contributed by atoms with Gasteiger partial charge in [-0.25, -0.2) is 0 Å². The minimum Gasteiger partial charge on any atom is -0.0654 e. The quantitative estimate of drug-likeness (QED) is 0.252. The minimum atomic E-state index is 1.01. The molecule has 0 heterocycles. The van der Waals surface area contributed by atoms with E-state index in [2.05, 4.69) is 27.7 Å². The molecule has 0 aromatic carbocycles. The van der Waals surface area contributed by atoms with Gasteiger partial charge in [-0.15, -0.1) is 0 Å². The van der Waals surface area contributed by atoms with Gasteiger partial charge in [0, 0.05) is 0 Å². The third kappa shape index (κ3) is 13.4. The fourth-order valence-electron chi connectivity index (χ4n) is 3.54. The van der Waals surface area contributed by atoms with Crippen LogP contribution in [0.4, 0.5) is 0 Å². The van der Waals surface area contributed by atoms with E-state index in [4.69, 9.17) is 0 Å². The highest BCUT2D eigenvalue weighted by molar-refractivity contribution is 4.67. The van der Waals surface area contributed by atoms with Crippen LogP contribution >= 0.6 is 0 Å². The Morgan fingerprint density at radius 2 is 0.952 bits per heavy atom. The van der Waals surface area contributed by atoms with Crippen molar-refractivity contribution < 1.29 is 0 Å². The summed E-state index contributed by atoms with van der Waals surface area (Å²) in [5.41, 5.74) is 0. The lowest BCUT2D eigenvalue weighted by atomic mass is 9.83. The van der Waals surface area contributed by atoms with Crippen LogP contribution in [-0.2, 0) is 0 Å². The predicted octanol–water partition coefficient (Wildman–Crippen LogP) is 8.15. The molecule has 0 aliphatic carbocycles. The first-order valence-corrected chi connectivity index (χ1v) is 10.3. The molecule has 0 fully saturated rings. The van der Waals surface area contributed by atoms with E-state index in [1.807, 2.05) is 0 Å². The Morgan fingerprint density at radius 1 is 0.476 bits per heavy atom. The molecule has 0 amide bonds. The zero-order valence-corrected chi connectivity index (χ0v) is 15.8. The Labute approximate surface area is 136 Å². The van der Waals surface area contributed by atoms with Gasteiger partial charge in [0.2, 0.25) is 0 Å². The molecule has 0 heteroatoms. The molecule has 128 valence electrons. The van der Waals surface area contributed by atoms with Crippen LogP contribution in [0.3, 0.4) is 0 Å². The van der Waals surface area contributed by atoms with E-state index in [1.165, 1.54) is 96.3 Å². The summed E-state index contributed by atoms with van der Waals surface area (Å²) in [5.74, 6) is 2.03. The Hall–Kier alpha value is 0. The van der Waals surface area contributed by atoms with E-state index in [-0.39, 0.29) is 0 Å². The second-order valence-electron chi connectivity index (χ2n) is 7.22. The van der Waals surface area contributed by atoms with E-state index in [1.54, 1.807) is 0 Å². The molecule has 0 nitrogen and oxygen atoms in total. The second kappa shape index (κ2) is 16.4. The Kier molecular flexibility index (Phi) is 16.4. The third-order valence-corrected chi connectivity index (χ3v) is 5.14. The summed E-state index contributed by atoms with van der Waals surface area (Å²) in [6.45, 7) is 9.40. The zero-order valence-electron chi connectivity index (χ0n) is 15.8. The van der Waals surface area contributed by atoms with Crippen LogP contribution in [0.5, 0.6) is 0 Å². The van der Waals surface area contributed by atoms with Gasteiger partial charge in [-0.3, -0.25) is 0 Å². The monoisotopic (exact) mass is 296 g/mol. The van der Waals surface area contributed by atoms with Gasteiger partial charge in [-0.2, -0.15) is 0 Å². The minimum absolute atomic E-state index is 1.01. The molecular weight excluding hydrogens is 252 g/mol. The van der Waals surface area contributed by atoms with Crippen LogP contribution in [0, 0.1) is 11.8 Å². The summed E-state index contributed by atoms with van der Waals surface area (Å²) < 4.78 is 0. The number of rotatable bonds is 16. The van der Waals surface area contributed by atoms with E-state index in [0.29, 0.717) is 0 Å². The van der Waals surface area contributed by atoms with Gasteiger partial charge in [0.05, 0.1) is 0 Å². The van der Waals surface area contributed by atoms with E-state index in [9.17, 15) is 0 Å². The molecule has 0 N–H and O–H groups in total. The fourth-order valence-corrected chi connectivity index (χ4v) is 3.54. The first-order chi connectivity index (χ1) is 10.3. The van der Waals surface area contributed by atoms with E-state index < -0.39 is 0 Å². The first-order valence-electron chi connectivity index (χ1n) is 10.3. The molecule has 0 radical (unpaired) electrons. The molecule has 1 unspecified atom stereocenters. The summed E-state index contributed by atoms with van der Waals surface area (Å²) >= 11 is 0. The number of hydrogen-bond acceptors (Lipinski definition) is 0. The smallest absolute Gasteiger partial charge is 0.0412 e. The molecular formula is C21H44. The van der Waals surface area contributed by atoms with Crippen LogP contribution in [0.25, 0.3) is 0 Å². The first kappa shape index (κ1) is 21.0. The van der Waals surface area contributed by atoms with Crippen LogP contribution in [0.2, 0.25) is 0 Å². The van der Waals surface area contributed by atoms with Gasteiger partial charge >= 0.3 is 0 Å². The highest BCUT2D eigenvalue weighted by Crippen LogP contribution is 2.28. The lowest BCUT2D eigenvalue weighted by Crippen LogP contribution is -2.09. The molecule has 21 heavy (non-hydrogen) atoms. The van der Waals surface area contributed by atoms with E-state index in [0.717, 1.165) is 11.8 Å². The van der Waals surface area contributed by atoms with Crippen molar-refractivity contribution in [3.63, 3.8) is 0 Å². The van der Waals surface area contributed by atoms with Crippen molar-refractivity contribution >= 4 is 0 Å². The summed E-state index contributed by atoms with van der Waals surface area (Å²) in [7, 11) is 0.